The van der Waals surface area contributed by atoms with Gasteiger partial charge in [0.25, 0.3) is 0 Å². The van der Waals surface area contributed by atoms with E-state index in [0.717, 1.165) is 17.0 Å². The van der Waals surface area contributed by atoms with Gasteiger partial charge in [-0.1, -0.05) is 12.2 Å². The number of carboxylic acids is 1. The second-order valence-electron chi connectivity index (χ2n) is 5.13. The van der Waals surface area contributed by atoms with Crippen LogP contribution in [-0.2, 0) is 16.6 Å². The summed E-state index contributed by atoms with van der Waals surface area (Å²) in [7, 11) is 1.82. The molecule has 0 bridgehead atoms. The Hall–Kier alpha value is -2.11. The standard InChI is InChI=1S/C15H23N3O3/c1-6-7-8-12(15(20)21)16-14(19)9(2)13-10(3)17-18(5)11(13)4/h6-7,9,12H,8H2,1-5H3,(H,16,19)(H,20,21)/b7-6+. The molecule has 2 unspecified atom stereocenters. The highest BCUT2D eigenvalue weighted by Crippen LogP contribution is 2.23. The Morgan fingerprint density at radius 1 is 1.43 bits per heavy atom. The van der Waals surface area contributed by atoms with E-state index in [0.29, 0.717) is 0 Å². The zero-order valence-corrected chi connectivity index (χ0v) is 13.2. The third kappa shape index (κ3) is 3.93. The van der Waals surface area contributed by atoms with Crippen molar-refractivity contribution in [3.63, 3.8) is 0 Å². The van der Waals surface area contributed by atoms with Crippen LogP contribution in [0.25, 0.3) is 0 Å². The lowest BCUT2D eigenvalue weighted by Crippen LogP contribution is -2.42. The zero-order valence-electron chi connectivity index (χ0n) is 13.2. The second-order valence-corrected chi connectivity index (χ2v) is 5.13. The second kappa shape index (κ2) is 7.06. The van der Waals surface area contributed by atoms with Crippen molar-refractivity contribution >= 4 is 11.9 Å². The number of hydrogen-bond acceptors (Lipinski definition) is 3. The van der Waals surface area contributed by atoms with Gasteiger partial charge in [-0.3, -0.25) is 9.48 Å². The molecule has 0 saturated heterocycles. The number of carboxylic acid groups (broad SMARTS) is 1. The Balaban J connectivity index is 2.89. The molecule has 21 heavy (non-hydrogen) atoms. The fourth-order valence-corrected chi connectivity index (χ4v) is 2.34. The van der Waals surface area contributed by atoms with Crippen molar-refractivity contribution in [3.8, 4) is 0 Å². The first kappa shape index (κ1) is 16.9. The maximum atomic E-state index is 12.3. The van der Waals surface area contributed by atoms with Crippen LogP contribution in [0.4, 0.5) is 0 Å². The minimum absolute atomic E-state index is 0.273. The number of carbonyl (C=O) groups is 2. The van der Waals surface area contributed by atoms with Crippen molar-refractivity contribution in [2.45, 2.75) is 46.1 Å². The number of aliphatic carboxylic acids is 1. The molecule has 6 nitrogen and oxygen atoms in total. The highest BCUT2D eigenvalue weighted by molar-refractivity contribution is 5.88. The lowest BCUT2D eigenvalue weighted by atomic mass is 9.97. The predicted molar refractivity (Wildman–Crippen MR) is 80.1 cm³/mol. The first-order valence-corrected chi connectivity index (χ1v) is 6.94. The fraction of sp³-hybridized carbons (Fsp3) is 0.533. The van der Waals surface area contributed by atoms with Gasteiger partial charge in [-0.15, -0.1) is 0 Å². The zero-order chi connectivity index (χ0) is 16.2. The van der Waals surface area contributed by atoms with Gasteiger partial charge in [0.1, 0.15) is 6.04 Å². The summed E-state index contributed by atoms with van der Waals surface area (Å²) in [5.74, 6) is -1.77. The van der Waals surface area contributed by atoms with Crippen LogP contribution in [0.5, 0.6) is 0 Å². The van der Waals surface area contributed by atoms with Crippen LogP contribution in [0.3, 0.4) is 0 Å². The number of rotatable bonds is 6. The molecule has 0 radical (unpaired) electrons. The van der Waals surface area contributed by atoms with E-state index in [-0.39, 0.29) is 12.3 Å². The summed E-state index contributed by atoms with van der Waals surface area (Å²) in [6.07, 6.45) is 3.76. The van der Waals surface area contributed by atoms with E-state index in [9.17, 15) is 9.59 Å². The van der Waals surface area contributed by atoms with Gasteiger partial charge in [0, 0.05) is 18.3 Å². The SMILES string of the molecule is C/C=C/CC(NC(=O)C(C)c1c(C)nn(C)c1C)C(=O)O. The number of aryl methyl sites for hydroxylation is 2. The number of nitrogens with zero attached hydrogens (tertiary/aromatic N) is 2. The lowest BCUT2D eigenvalue weighted by molar-refractivity contribution is -0.141. The normalized spacial score (nSPS) is 14.1. The van der Waals surface area contributed by atoms with E-state index in [4.69, 9.17) is 5.11 Å². The molecule has 2 atom stereocenters. The van der Waals surface area contributed by atoms with Gasteiger partial charge in [0.15, 0.2) is 0 Å². The largest absolute Gasteiger partial charge is 0.480 e. The average Bonchev–Trinajstić information content (AvgIpc) is 2.66. The first-order chi connectivity index (χ1) is 9.79. The summed E-state index contributed by atoms with van der Waals surface area (Å²) in [4.78, 5) is 23.5. The third-order valence-electron chi connectivity index (χ3n) is 3.61. The van der Waals surface area contributed by atoms with Crippen LogP contribution in [-0.4, -0.2) is 32.8 Å². The predicted octanol–water partition coefficient (Wildman–Crippen LogP) is 1.68. The van der Waals surface area contributed by atoms with E-state index < -0.39 is 17.9 Å². The maximum absolute atomic E-state index is 12.3. The molecule has 116 valence electrons. The number of hydrogen-bond donors (Lipinski definition) is 2. The summed E-state index contributed by atoms with van der Waals surface area (Å²) < 4.78 is 1.73. The van der Waals surface area contributed by atoms with Crippen molar-refractivity contribution in [3.05, 3.63) is 29.1 Å². The molecule has 0 spiro atoms. The van der Waals surface area contributed by atoms with Crippen LogP contribution < -0.4 is 5.32 Å². The van der Waals surface area contributed by atoms with Gasteiger partial charge in [0.05, 0.1) is 11.6 Å². The van der Waals surface area contributed by atoms with Gasteiger partial charge >= 0.3 is 5.97 Å². The van der Waals surface area contributed by atoms with Crippen LogP contribution in [0.2, 0.25) is 0 Å². The van der Waals surface area contributed by atoms with E-state index in [1.807, 2.05) is 27.8 Å². The number of carbonyl (C=O) groups excluding carboxylic acids is 1. The number of amides is 1. The molecule has 0 aliphatic carbocycles. The van der Waals surface area contributed by atoms with E-state index >= 15 is 0 Å². The Kier molecular flexibility index (Phi) is 5.69. The topological polar surface area (TPSA) is 84.2 Å². The molecule has 0 fully saturated rings. The quantitative estimate of drug-likeness (QED) is 0.781. The highest BCUT2D eigenvalue weighted by atomic mass is 16.4. The minimum atomic E-state index is -1.03. The van der Waals surface area contributed by atoms with Crippen LogP contribution in [0, 0.1) is 13.8 Å². The molecule has 0 aliphatic rings. The van der Waals surface area contributed by atoms with Crippen LogP contribution >= 0.6 is 0 Å². The van der Waals surface area contributed by atoms with Gasteiger partial charge in [-0.25, -0.2) is 4.79 Å². The molecule has 0 saturated carbocycles. The van der Waals surface area contributed by atoms with Crippen molar-refractivity contribution in [2.24, 2.45) is 7.05 Å². The van der Waals surface area contributed by atoms with E-state index in [1.54, 1.807) is 23.8 Å². The molecule has 6 heteroatoms. The molecule has 2 N–H and O–H groups in total. The number of allylic oxidation sites excluding steroid dienone is 1. The molecule has 1 rings (SSSR count). The van der Waals surface area contributed by atoms with Crippen LogP contribution in [0.15, 0.2) is 12.2 Å². The maximum Gasteiger partial charge on any atom is 0.326 e. The third-order valence-corrected chi connectivity index (χ3v) is 3.61. The summed E-state index contributed by atoms with van der Waals surface area (Å²) >= 11 is 0. The molecular weight excluding hydrogens is 270 g/mol. The smallest absolute Gasteiger partial charge is 0.326 e. The molecule has 1 heterocycles. The highest BCUT2D eigenvalue weighted by Gasteiger charge is 2.26. The van der Waals surface area contributed by atoms with Crippen LogP contribution in [0.1, 0.15) is 43.1 Å². The molecule has 1 aromatic heterocycles. The molecule has 1 aromatic rings. The summed E-state index contributed by atoms with van der Waals surface area (Å²) in [6, 6.07) is -0.909. The van der Waals surface area contributed by atoms with Crippen molar-refractivity contribution in [1.82, 2.24) is 15.1 Å². The fourth-order valence-electron chi connectivity index (χ4n) is 2.34. The Morgan fingerprint density at radius 2 is 2.05 bits per heavy atom. The summed E-state index contributed by atoms with van der Waals surface area (Å²) in [5.41, 5.74) is 2.55. The Labute approximate surface area is 124 Å². The van der Waals surface area contributed by atoms with Crippen molar-refractivity contribution in [2.75, 3.05) is 0 Å². The Bertz CT molecular complexity index is 561. The summed E-state index contributed by atoms with van der Waals surface area (Å²) in [5, 5.41) is 16.0. The molecule has 1 amide bonds. The van der Waals surface area contributed by atoms with Gasteiger partial charge in [-0.2, -0.15) is 5.10 Å². The van der Waals surface area contributed by atoms with Gasteiger partial charge < -0.3 is 10.4 Å². The molecule has 0 aliphatic heterocycles. The van der Waals surface area contributed by atoms with Gasteiger partial charge in [-0.05, 0) is 34.1 Å². The number of nitrogens with one attached hydrogen (secondary N) is 1. The van der Waals surface area contributed by atoms with E-state index in [2.05, 4.69) is 10.4 Å². The first-order valence-electron chi connectivity index (χ1n) is 6.94. The lowest BCUT2D eigenvalue weighted by Gasteiger charge is -2.17. The van der Waals surface area contributed by atoms with Crippen molar-refractivity contribution < 1.29 is 14.7 Å². The monoisotopic (exact) mass is 293 g/mol. The minimum Gasteiger partial charge on any atom is -0.480 e. The van der Waals surface area contributed by atoms with Gasteiger partial charge in [0.2, 0.25) is 5.91 Å². The van der Waals surface area contributed by atoms with Crippen molar-refractivity contribution in [1.29, 1.82) is 0 Å². The molecular formula is C15H23N3O3. The Morgan fingerprint density at radius 3 is 2.48 bits per heavy atom. The van der Waals surface area contributed by atoms with E-state index in [1.165, 1.54) is 0 Å². The summed E-state index contributed by atoms with van der Waals surface area (Å²) in [6.45, 7) is 7.32. The average molecular weight is 293 g/mol. The number of aromatic nitrogens is 2. The molecule has 0 aromatic carbocycles.